The Bertz CT molecular complexity index is 1060. The molecule has 3 aromatic carbocycles. The lowest BCUT2D eigenvalue weighted by Gasteiger charge is -2.17. The predicted octanol–water partition coefficient (Wildman–Crippen LogP) is 3.77. The summed E-state index contributed by atoms with van der Waals surface area (Å²) in [4.78, 5) is 36.4. The maximum Gasteiger partial charge on any atom is 0.328 e. The van der Waals surface area contributed by atoms with E-state index in [4.69, 9.17) is 4.74 Å². The van der Waals surface area contributed by atoms with Gasteiger partial charge in [-0.3, -0.25) is 4.79 Å². The molecule has 0 heterocycles. The Morgan fingerprint density at radius 3 is 2.29 bits per heavy atom. The van der Waals surface area contributed by atoms with Crippen LogP contribution in [0.1, 0.15) is 25.5 Å². The fraction of sp³-hybridized carbons (Fsp3) is 0.208. The van der Waals surface area contributed by atoms with Crippen molar-refractivity contribution in [2.24, 2.45) is 0 Å². The summed E-state index contributed by atoms with van der Waals surface area (Å²) in [6.07, 6.45) is 0. The Morgan fingerprint density at radius 2 is 1.52 bits per heavy atom. The third kappa shape index (κ3) is 6.05. The Kier molecular flexibility index (Phi) is 7.22. The van der Waals surface area contributed by atoms with E-state index >= 15 is 0 Å². The molecule has 3 amide bonds. The predicted molar refractivity (Wildman–Crippen MR) is 120 cm³/mol. The number of esters is 1. The smallest absolute Gasteiger partial charge is 0.328 e. The molecule has 0 fully saturated rings. The molecular formula is C24H25N3O4. The van der Waals surface area contributed by atoms with E-state index < -0.39 is 30.6 Å². The normalized spacial score (nSPS) is 12.5. The first-order chi connectivity index (χ1) is 14.9. The van der Waals surface area contributed by atoms with Crippen molar-refractivity contribution in [3.05, 3.63) is 78.4 Å². The van der Waals surface area contributed by atoms with Crippen LogP contribution < -0.4 is 16.0 Å². The van der Waals surface area contributed by atoms with Crippen LogP contribution in [0.25, 0.3) is 10.8 Å². The standard InChI is InChI=1S/C24H25N3O4/c1-16(20-14-8-10-18-9-6-7-13-21(18)20)25-22(28)15-31-23(29)17(2)26-24(30)27-19-11-4-3-5-12-19/h3-14,16-17H,15H2,1-2H3,(H,25,28)(H2,26,27,30)/t16-,17+/m1/s1. The number of nitrogens with one attached hydrogen (secondary N) is 3. The minimum Gasteiger partial charge on any atom is -0.454 e. The minimum absolute atomic E-state index is 0.260. The van der Waals surface area contributed by atoms with Crippen LogP contribution in [-0.4, -0.2) is 30.6 Å². The van der Waals surface area contributed by atoms with E-state index in [2.05, 4.69) is 16.0 Å². The summed E-state index contributed by atoms with van der Waals surface area (Å²) in [6.45, 7) is 2.93. The molecule has 31 heavy (non-hydrogen) atoms. The Labute approximate surface area is 180 Å². The first-order valence-corrected chi connectivity index (χ1v) is 10.0. The molecule has 0 aliphatic heterocycles. The molecule has 0 spiro atoms. The number of hydrogen-bond acceptors (Lipinski definition) is 4. The Hall–Kier alpha value is -3.87. The first kappa shape index (κ1) is 21.8. The van der Waals surface area contributed by atoms with Crippen LogP contribution in [0.5, 0.6) is 0 Å². The summed E-state index contributed by atoms with van der Waals surface area (Å²) in [5.41, 5.74) is 1.58. The molecule has 0 unspecified atom stereocenters. The van der Waals surface area contributed by atoms with Gasteiger partial charge in [0.15, 0.2) is 6.61 Å². The van der Waals surface area contributed by atoms with Crippen LogP contribution in [0, 0.1) is 0 Å². The van der Waals surface area contributed by atoms with E-state index in [0.717, 1.165) is 16.3 Å². The largest absolute Gasteiger partial charge is 0.454 e. The van der Waals surface area contributed by atoms with Gasteiger partial charge in [0, 0.05) is 5.69 Å². The third-order valence-corrected chi connectivity index (χ3v) is 4.75. The molecule has 0 saturated carbocycles. The number of carbonyl (C=O) groups is 3. The molecule has 3 aromatic rings. The summed E-state index contributed by atoms with van der Waals surface area (Å²) >= 11 is 0. The van der Waals surface area contributed by atoms with Crippen molar-refractivity contribution in [3.63, 3.8) is 0 Å². The summed E-state index contributed by atoms with van der Waals surface area (Å²) in [6, 6.07) is 21.0. The van der Waals surface area contributed by atoms with Gasteiger partial charge in [0.05, 0.1) is 6.04 Å². The van der Waals surface area contributed by atoms with E-state index in [1.165, 1.54) is 6.92 Å². The van der Waals surface area contributed by atoms with Crippen LogP contribution in [0.3, 0.4) is 0 Å². The molecule has 2 atom stereocenters. The second-order valence-electron chi connectivity index (χ2n) is 7.15. The van der Waals surface area contributed by atoms with Gasteiger partial charge in [0.25, 0.3) is 5.91 Å². The van der Waals surface area contributed by atoms with Crippen LogP contribution in [0.2, 0.25) is 0 Å². The quantitative estimate of drug-likeness (QED) is 0.508. The van der Waals surface area contributed by atoms with Crippen molar-refractivity contribution in [2.45, 2.75) is 25.9 Å². The van der Waals surface area contributed by atoms with Gasteiger partial charge in [-0.25, -0.2) is 9.59 Å². The van der Waals surface area contributed by atoms with E-state index in [0.29, 0.717) is 5.69 Å². The van der Waals surface area contributed by atoms with Gasteiger partial charge in [0.1, 0.15) is 6.04 Å². The second kappa shape index (κ2) is 10.2. The molecule has 3 N–H and O–H groups in total. The van der Waals surface area contributed by atoms with Gasteiger partial charge in [-0.05, 0) is 42.3 Å². The van der Waals surface area contributed by atoms with Crippen LogP contribution in [0.15, 0.2) is 72.8 Å². The zero-order valence-electron chi connectivity index (χ0n) is 17.4. The summed E-state index contributed by atoms with van der Waals surface area (Å²) in [5.74, 6) is -1.12. The molecule has 0 aromatic heterocycles. The lowest BCUT2D eigenvalue weighted by atomic mass is 10.00. The number of hydrogen-bond donors (Lipinski definition) is 3. The van der Waals surface area contributed by atoms with Gasteiger partial charge in [0.2, 0.25) is 0 Å². The van der Waals surface area contributed by atoms with Gasteiger partial charge in [-0.1, -0.05) is 60.7 Å². The lowest BCUT2D eigenvalue weighted by molar-refractivity contribution is -0.150. The highest BCUT2D eigenvalue weighted by Crippen LogP contribution is 2.23. The highest BCUT2D eigenvalue weighted by Gasteiger charge is 2.19. The molecule has 0 bridgehead atoms. The average molecular weight is 419 g/mol. The Balaban J connectivity index is 1.47. The molecular weight excluding hydrogens is 394 g/mol. The molecule has 0 aliphatic carbocycles. The highest BCUT2D eigenvalue weighted by atomic mass is 16.5. The van der Waals surface area contributed by atoms with Crippen LogP contribution in [-0.2, 0) is 14.3 Å². The van der Waals surface area contributed by atoms with Crippen molar-refractivity contribution in [1.29, 1.82) is 0 Å². The van der Waals surface area contributed by atoms with Crippen molar-refractivity contribution < 1.29 is 19.1 Å². The average Bonchev–Trinajstić information content (AvgIpc) is 2.77. The second-order valence-corrected chi connectivity index (χ2v) is 7.15. The monoisotopic (exact) mass is 419 g/mol. The summed E-state index contributed by atoms with van der Waals surface area (Å²) in [5, 5.41) is 10.1. The lowest BCUT2D eigenvalue weighted by Crippen LogP contribution is -2.43. The van der Waals surface area contributed by atoms with Crippen LogP contribution >= 0.6 is 0 Å². The van der Waals surface area contributed by atoms with E-state index in [1.807, 2.05) is 55.5 Å². The number of carbonyl (C=O) groups excluding carboxylic acids is 3. The third-order valence-electron chi connectivity index (χ3n) is 4.75. The number of benzene rings is 3. The summed E-state index contributed by atoms with van der Waals surface area (Å²) in [7, 11) is 0. The maximum atomic E-state index is 12.3. The van der Waals surface area contributed by atoms with Crippen molar-refractivity contribution in [3.8, 4) is 0 Å². The number of rotatable bonds is 7. The topological polar surface area (TPSA) is 96.5 Å². The number of anilines is 1. The molecule has 160 valence electrons. The SMILES string of the molecule is C[C@H](NC(=O)Nc1ccccc1)C(=O)OCC(=O)N[C@H](C)c1cccc2ccccc12. The van der Waals surface area contributed by atoms with E-state index in [9.17, 15) is 14.4 Å². The zero-order chi connectivity index (χ0) is 22.2. The van der Waals surface area contributed by atoms with Crippen molar-refractivity contribution in [2.75, 3.05) is 11.9 Å². The van der Waals surface area contributed by atoms with Crippen LogP contribution in [0.4, 0.5) is 10.5 Å². The molecule has 0 aliphatic rings. The fourth-order valence-electron chi connectivity index (χ4n) is 3.19. The molecule has 0 radical (unpaired) electrons. The van der Waals surface area contributed by atoms with E-state index in [1.54, 1.807) is 24.3 Å². The number of para-hydroxylation sites is 1. The number of ether oxygens (including phenoxy) is 1. The number of amides is 3. The zero-order valence-corrected chi connectivity index (χ0v) is 17.4. The minimum atomic E-state index is -0.910. The highest BCUT2D eigenvalue weighted by molar-refractivity contribution is 5.93. The first-order valence-electron chi connectivity index (χ1n) is 10.0. The van der Waals surface area contributed by atoms with Crippen molar-refractivity contribution >= 4 is 34.4 Å². The van der Waals surface area contributed by atoms with Gasteiger partial charge in [-0.15, -0.1) is 0 Å². The molecule has 0 saturated heterocycles. The number of urea groups is 1. The van der Waals surface area contributed by atoms with Gasteiger partial charge >= 0.3 is 12.0 Å². The summed E-state index contributed by atoms with van der Waals surface area (Å²) < 4.78 is 5.05. The van der Waals surface area contributed by atoms with Gasteiger partial charge < -0.3 is 20.7 Å². The van der Waals surface area contributed by atoms with Gasteiger partial charge in [-0.2, -0.15) is 0 Å². The number of fused-ring (bicyclic) bond motifs is 1. The molecule has 7 nitrogen and oxygen atoms in total. The molecule has 7 heteroatoms. The van der Waals surface area contributed by atoms with Crippen molar-refractivity contribution in [1.82, 2.24) is 10.6 Å². The Morgan fingerprint density at radius 1 is 0.839 bits per heavy atom. The molecule has 3 rings (SSSR count). The maximum absolute atomic E-state index is 12.3. The fourth-order valence-corrected chi connectivity index (χ4v) is 3.19. The van der Waals surface area contributed by atoms with E-state index in [-0.39, 0.29) is 6.04 Å².